The highest BCUT2D eigenvalue weighted by Gasteiger charge is 2.34. The van der Waals surface area contributed by atoms with Crippen molar-refractivity contribution in [2.75, 3.05) is 13.1 Å². The summed E-state index contributed by atoms with van der Waals surface area (Å²) in [6.07, 6.45) is 6.39. The Morgan fingerprint density at radius 3 is 2.28 bits per heavy atom. The molecule has 1 saturated carbocycles. The van der Waals surface area contributed by atoms with E-state index < -0.39 is 0 Å². The predicted molar refractivity (Wildman–Crippen MR) is 78.8 cm³/mol. The van der Waals surface area contributed by atoms with Gasteiger partial charge in [0.25, 0.3) is 0 Å². The molecule has 0 aromatic heterocycles. The van der Waals surface area contributed by atoms with Gasteiger partial charge in [-0.05, 0) is 30.6 Å². The van der Waals surface area contributed by atoms with E-state index >= 15 is 0 Å². The van der Waals surface area contributed by atoms with E-state index in [9.17, 15) is 4.79 Å². The highest BCUT2D eigenvalue weighted by atomic mass is 35.5. The van der Waals surface area contributed by atoms with E-state index in [1.54, 1.807) is 0 Å². The summed E-state index contributed by atoms with van der Waals surface area (Å²) < 4.78 is 0. The second-order valence-corrected chi connectivity index (χ2v) is 6.16. The van der Waals surface area contributed by atoms with Gasteiger partial charge in [0.15, 0.2) is 0 Å². The Morgan fingerprint density at radius 2 is 1.83 bits per heavy atom. The first-order chi connectivity index (χ1) is 7.99. The molecule has 3 nitrogen and oxygen atoms in total. The zero-order valence-electron chi connectivity index (χ0n) is 12.0. The van der Waals surface area contributed by atoms with Gasteiger partial charge in [-0.2, -0.15) is 0 Å². The van der Waals surface area contributed by atoms with Crippen molar-refractivity contribution in [2.24, 2.45) is 23.0 Å². The molecule has 1 atom stereocenters. The van der Waals surface area contributed by atoms with E-state index in [1.807, 2.05) is 6.92 Å². The van der Waals surface area contributed by atoms with Gasteiger partial charge in [-0.15, -0.1) is 12.4 Å². The van der Waals surface area contributed by atoms with Crippen LogP contribution in [0.25, 0.3) is 0 Å². The molecule has 18 heavy (non-hydrogen) atoms. The van der Waals surface area contributed by atoms with Crippen molar-refractivity contribution in [3.8, 4) is 0 Å². The predicted octanol–water partition coefficient (Wildman–Crippen LogP) is 2.73. The lowest BCUT2D eigenvalue weighted by molar-refractivity contribution is -0.124. The normalized spacial score (nSPS) is 19.4. The monoisotopic (exact) mass is 276 g/mol. The molecule has 0 heterocycles. The summed E-state index contributed by atoms with van der Waals surface area (Å²) in [6.45, 7) is 7.70. The van der Waals surface area contributed by atoms with Crippen LogP contribution >= 0.6 is 12.4 Å². The van der Waals surface area contributed by atoms with Crippen molar-refractivity contribution < 1.29 is 4.79 Å². The van der Waals surface area contributed by atoms with Crippen molar-refractivity contribution in [2.45, 2.75) is 52.9 Å². The molecule has 1 aliphatic carbocycles. The molecule has 1 aliphatic rings. The summed E-state index contributed by atoms with van der Waals surface area (Å²) in [4.78, 5) is 11.8. The number of nitrogens with two attached hydrogens (primary N) is 1. The first-order valence-corrected chi connectivity index (χ1v) is 6.97. The highest BCUT2D eigenvalue weighted by Crippen LogP contribution is 2.42. The van der Waals surface area contributed by atoms with Crippen LogP contribution in [0.15, 0.2) is 0 Å². The zero-order valence-corrected chi connectivity index (χ0v) is 12.8. The summed E-state index contributed by atoms with van der Waals surface area (Å²) in [6, 6.07) is 0. The second-order valence-electron chi connectivity index (χ2n) is 6.16. The molecule has 1 rings (SSSR count). The van der Waals surface area contributed by atoms with Crippen molar-refractivity contribution in [3.63, 3.8) is 0 Å². The molecular formula is C14H29ClN2O. The number of halogens is 1. The maximum absolute atomic E-state index is 11.8. The van der Waals surface area contributed by atoms with Crippen LogP contribution in [0.5, 0.6) is 0 Å². The lowest BCUT2D eigenvalue weighted by atomic mass is 9.78. The molecule has 0 aliphatic heterocycles. The average molecular weight is 277 g/mol. The summed E-state index contributed by atoms with van der Waals surface area (Å²) in [5, 5.41) is 3.10. The summed E-state index contributed by atoms with van der Waals surface area (Å²) in [5.41, 5.74) is 5.87. The van der Waals surface area contributed by atoms with Gasteiger partial charge in [0.2, 0.25) is 5.91 Å². The smallest absolute Gasteiger partial charge is 0.224 e. The number of hydrogen-bond acceptors (Lipinski definition) is 2. The molecule has 0 aromatic rings. The molecule has 0 aromatic carbocycles. The van der Waals surface area contributed by atoms with Crippen LogP contribution in [0.3, 0.4) is 0 Å². The van der Waals surface area contributed by atoms with E-state index in [4.69, 9.17) is 5.73 Å². The van der Waals surface area contributed by atoms with Gasteiger partial charge in [0.1, 0.15) is 0 Å². The molecule has 1 amide bonds. The first-order valence-electron chi connectivity index (χ1n) is 6.97. The first kappa shape index (κ1) is 17.7. The van der Waals surface area contributed by atoms with Crippen LogP contribution in [0.4, 0.5) is 0 Å². The van der Waals surface area contributed by atoms with Crippen LogP contribution in [-0.2, 0) is 4.79 Å². The maximum Gasteiger partial charge on any atom is 0.224 e. The molecule has 108 valence electrons. The van der Waals surface area contributed by atoms with Crippen molar-refractivity contribution in [3.05, 3.63) is 0 Å². The molecule has 0 bridgehead atoms. The Balaban J connectivity index is 0.00000289. The van der Waals surface area contributed by atoms with Gasteiger partial charge in [0, 0.05) is 19.0 Å². The van der Waals surface area contributed by atoms with Crippen molar-refractivity contribution >= 4 is 18.3 Å². The lowest BCUT2D eigenvalue weighted by Crippen LogP contribution is -2.40. The topological polar surface area (TPSA) is 55.1 Å². The fourth-order valence-corrected chi connectivity index (χ4v) is 3.00. The van der Waals surface area contributed by atoms with Crippen LogP contribution in [0, 0.1) is 17.3 Å². The maximum atomic E-state index is 11.8. The fourth-order valence-electron chi connectivity index (χ4n) is 3.00. The van der Waals surface area contributed by atoms with Crippen molar-refractivity contribution in [1.29, 1.82) is 0 Å². The van der Waals surface area contributed by atoms with E-state index in [-0.39, 0.29) is 24.2 Å². The standard InChI is InChI=1S/C14H28N2O.ClH/c1-11(2)8-14(6-4-5-7-14)10-16-13(17)12(3)9-15;/h11-12H,4-10,15H2,1-3H3,(H,16,17);1H. The minimum Gasteiger partial charge on any atom is -0.355 e. The van der Waals surface area contributed by atoms with Gasteiger partial charge in [0.05, 0.1) is 0 Å². The Labute approximate surface area is 118 Å². The number of amides is 1. The molecule has 3 N–H and O–H groups in total. The Hall–Kier alpha value is -0.280. The third-order valence-electron chi connectivity index (χ3n) is 3.94. The molecule has 1 fully saturated rings. The van der Waals surface area contributed by atoms with Crippen LogP contribution in [0.2, 0.25) is 0 Å². The van der Waals surface area contributed by atoms with Crippen molar-refractivity contribution in [1.82, 2.24) is 5.32 Å². The largest absolute Gasteiger partial charge is 0.355 e. The fraction of sp³-hybridized carbons (Fsp3) is 0.929. The Morgan fingerprint density at radius 1 is 1.28 bits per heavy atom. The zero-order chi connectivity index (χ0) is 12.9. The Kier molecular flexibility index (Phi) is 7.88. The summed E-state index contributed by atoms with van der Waals surface area (Å²) in [7, 11) is 0. The number of hydrogen-bond donors (Lipinski definition) is 2. The molecule has 0 saturated heterocycles. The second kappa shape index (κ2) is 8.00. The van der Waals surface area contributed by atoms with Gasteiger partial charge >= 0.3 is 0 Å². The van der Waals surface area contributed by atoms with Gasteiger partial charge in [-0.1, -0.05) is 33.6 Å². The third-order valence-corrected chi connectivity index (χ3v) is 3.94. The van der Waals surface area contributed by atoms with E-state index in [1.165, 1.54) is 32.1 Å². The summed E-state index contributed by atoms with van der Waals surface area (Å²) in [5.74, 6) is 0.756. The number of nitrogens with one attached hydrogen (secondary N) is 1. The van der Waals surface area contributed by atoms with E-state index in [0.717, 1.165) is 6.54 Å². The lowest BCUT2D eigenvalue weighted by Gasteiger charge is -2.31. The quantitative estimate of drug-likeness (QED) is 0.784. The molecule has 0 radical (unpaired) electrons. The van der Waals surface area contributed by atoms with Crippen LogP contribution in [-0.4, -0.2) is 19.0 Å². The van der Waals surface area contributed by atoms with Gasteiger partial charge in [-0.3, -0.25) is 4.79 Å². The van der Waals surface area contributed by atoms with Crippen LogP contribution in [0.1, 0.15) is 52.9 Å². The van der Waals surface area contributed by atoms with Gasteiger partial charge in [-0.25, -0.2) is 0 Å². The molecule has 1 unspecified atom stereocenters. The minimum absolute atomic E-state index is 0. The van der Waals surface area contributed by atoms with E-state index in [0.29, 0.717) is 17.9 Å². The molecular weight excluding hydrogens is 248 g/mol. The SMILES string of the molecule is CC(C)CC1(CNC(=O)C(C)CN)CCCC1.Cl. The number of rotatable bonds is 6. The highest BCUT2D eigenvalue weighted by molar-refractivity contribution is 5.85. The van der Waals surface area contributed by atoms with Gasteiger partial charge < -0.3 is 11.1 Å². The molecule has 4 heteroatoms. The average Bonchev–Trinajstić information content (AvgIpc) is 2.73. The minimum atomic E-state index is -0.0625. The van der Waals surface area contributed by atoms with E-state index in [2.05, 4.69) is 19.2 Å². The third kappa shape index (κ3) is 5.15. The summed E-state index contributed by atoms with van der Waals surface area (Å²) >= 11 is 0. The number of carbonyl (C=O) groups excluding carboxylic acids is 1. The number of carbonyl (C=O) groups is 1. The van der Waals surface area contributed by atoms with Crippen LogP contribution < -0.4 is 11.1 Å². The Bertz CT molecular complexity index is 250. The molecule has 0 spiro atoms.